The van der Waals surface area contributed by atoms with Crippen molar-refractivity contribution in [3.63, 3.8) is 0 Å². The summed E-state index contributed by atoms with van der Waals surface area (Å²) < 4.78 is 18.7. The highest BCUT2D eigenvalue weighted by Crippen LogP contribution is 2.56. The first-order valence-corrected chi connectivity index (χ1v) is 7.64. The first-order valence-electron chi connectivity index (χ1n) is 7.64. The van der Waals surface area contributed by atoms with Gasteiger partial charge in [0.2, 0.25) is 0 Å². The van der Waals surface area contributed by atoms with Crippen molar-refractivity contribution >= 4 is 6.09 Å². The molecule has 1 saturated carbocycles. The zero-order valence-electron chi connectivity index (χ0n) is 13.2. The molecule has 1 aromatic carbocycles. The zero-order valence-corrected chi connectivity index (χ0v) is 13.2. The van der Waals surface area contributed by atoms with Crippen LogP contribution in [0.2, 0.25) is 0 Å². The summed E-state index contributed by atoms with van der Waals surface area (Å²) in [7, 11) is 0. The van der Waals surface area contributed by atoms with Gasteiger partial charge in [0, 0.05) is 18.5 Å². The van der Waals surface area contributed by atoms with Crippen LogP contribution in [0.4, 0.5) is 9.18 Å². The monoisotopic (exact) mass is 307 g/mol. The number of halogens is 1. The molecule has 0 unspecified atom stereocenters. The number of nitrogens with zero attached hydrogens (tertiary/aromatic N) is 1. The molecule has 1 aliphatic carbocycles. The number of benzene rings is 1. The fourth-order valence-electron chi connectivity index (χ4n) is 3.48. The summed E-state index contributed by atoms with van der Waals surface area (Å²) in [6.45, 7) is 7.02. The standard InChI is InChI=1S/C17H22FNO3/c1-16(2,3)22-15(21)19-9-17(10-19)7-12(8-17)11-4-5-14(20)13(18)6-11/h4-6,12,20H,7-10H2,1-3H3. The van der Waals surface area contributed by atoms with Crippen LogP contribution in [0.5, 0.6) is 5.75 Å². The Morgan fingerprint density at radius 2 is 2.00 bits per heavy atom. The fourth-order valence-corrected chi connectivity index (χ4v) is 3.48. The van der Waals surface area contributed by atoms with Crippen molar-refractivity contribution in [2.45, 2.75) is 45.1 Å². The normalized spacial score (nSPS) is 20.5. The average Bonchev–Trinajstić information content (AvgIpc) is 2.27. The molecule has 2 aliphatic rings. The van der Waals surface area contributed by atoms with E-state index < -0.39 is 11.4 Å². The van der Waals surface area contributed by atoms with Crippen molar-refractivity contribution in [1.82, 2.24) is 4.90 Å². The average molecular weight is 307 g/mol. The number of phenolic OH excluding ortho intramolecular Hbond substituents is 1. The van der Waals surface area contributed by atoms with Crippen LogP contribution < -0.4 is 0 Å². The molecule has 4 nitrogen and oxygen atoms in total. The van der Waals surface area contributed by atoms with Gasteiger partial charge in [0.15, 0.2) is 11.6 Å². The molecule has 22 heavy (non-hydrogen) atoms. The molecule has 1 aromatic rings. The lowest BCUT2D eigenvalue weighted by Crippen LogP contribution is -2.63. The Labute approximate surface area is 129 Å². The molecule has 1 amide bonds. The third-order valence-electron chi connectivity index (χ3n) is 4.51. The lowest BCUT2D eigenvalue weighted by Gasteiger charge is -2.58. The van der Waals surface area contributed by atoms with E-state index in [1.54, 1.807) is 11.0 Å². The molecule has 0 atom stereocenters. The van der Waals surface area contributed by atoms with Crippen LogP contribution in [0.3, 0.4) is 0 Å². The second kappa shape index (κ2) is 4.86. The SMILES string of the molecule is CC(C)(C)OC(=O)N1CC2(CC(c3ccc(O)c(F)c3)C2)C1. The van der Waals surface area contributed by atoms with Crippen molar-refractivity contribution in [1.29, 1.82) is 0 Å². The van der Waals surface area contributed by atoms with E-state index >= 15 is 0 Å². The van der Waals surface area contributed by atoms with E-state index in [2.05, 4.69) is 0 Å². The van der Waals surface area contributed by atoms with E-state index in [1.165, 1.54) is 12.1 Å². The van der Waals surface area contributed by atoms with Crippen molar-refractivity contribution in [2.24, 2.45) is 5.41 Å². The lowest BCUT2D eigenvalue weighted by molar-refractivity contribution is -0.0786. The van der Waals surface area contributed by atoms with E-state index in [0.29, 0.717) is 5.92 Å². The van der Waals surface area contributed by atoms with E-state index in [0.717, 1.165) is 31.5 Å². The number of hydrogen-bond acceptors (Lipinski definition) is 3. The van der Waals surface area contributed by atoms with Crippen molar-refractivity contribution in [3.8, 4) is 5.75 Å². The molecule has 0 bridgehead atoms. The minimum absolute atomic E-state index is 0.177. The van der Waals surface area contributed by atoms with Crippen LogP contribution >= 0.6 is 0 Å². The van der Waals surface area contributed by atoms with Crippen LogP contribution in [-0.4, -0.2) is 34.8 Å². The van der Waals surface area contributed by atoms with Gasteiger partial charge in [-0.2, -0.15) is 0 Å². The summed E-state index contributed by atoms with van der Waals surface area (Å²) in [6.07, 6.45) is 1.66. The van der Waals surface area contributed by atoms with E-state index in [9.17, 15) is 14.3 Å². The number of likely N-dealkylation sites (tertiary alicyclic amines) is 1. The largest absolute Gasteiger partial charge is 0.505 e. The molecule has 1 N–H and O–H groups in total. The molecule has 3 rings (SSSR count). The zero-order chi connectivity index (χ0) is 16.1. The van der Waals surface area contributed by atoms with E-state index in [-0.39, 0.29) is 17.3 Å². The molecule has 1 heterocycles. The summed E-state index contributed by atoms with van der Waals surface area (Å²) >= 11 is 0. The Morgan fingerprint density at radius 1 is 1.36 bits per heavy atom. The Kier molecular flexibility index (Phi) is 3.34. The molecular weight excluding hydrogens is 285 g/mol. The third kappa shape index (κ3) is 2.76. The predicted octanol–water partition coefficient (Wildman–Crippen LogP) is 3.65. The predicted molar refractivity (Wildman–Crippen MR) is 80.3 cm³/mol. The van der Waals surface area contributed by atoms with Gasteiger partial charge in [-0.1, -0.05) is 6.07 Å². The van der Waals surface area contributed by atoms with Gasteiger partial charge >= 0.3 is 6.09 Å². The Bertz CT molecular complexity index is 594. The highest BCUT2D eigenvalue weighted by atomic mass is 19.1. The highest BCUT2D eigenvalue weighted by molar-refractivity contribution is 5.69. The van der Waals surface area contributed by atoms with Crippen molar-refractivity contribution in [2.75, 3.05) is 13.1 Å². The number of carbonyl (C=O) groups is 1. The Balaban J connectivity index is 1.52. The van der Waals surface area contributed by atoms with Crippen LogP contribution in [0.1, 0.15) is 45.1 Å². The topological polar surface area (TPSA) is 49.8 Å². The van der Waals surface area contributed by atoms with Gasteiger partial charge in [-0.25, -0.2) is 9.18 Å². The number of aromatic hydroxyl groups is 1. The third-order valence-corrected chi connectivity index (χ3v) is 4.51. The number of ether oxygens (including phenoxy) is 1. The molecule has 5 heteroatoms. The van der Waals surface area contributed by atoms with E-state index in [1.807, 2.05) is 20.8 Å². The van der Waals surface area contributed by atoms with Crippen molar-refractivity contribution in [3.05, 3.63) is 29.6 Å². The van der Waals surface area contributed by atoms with Gasteiger partial charge in [0.1, 0.15) is 5.60 Å². The Morgan fingerprint density at radius 3 is 2.55 bits per heavy atom. The summed E-state index contributed by atoms with van der Waals surface area (Å²) in [5.74, 6) is -0.559. The highest BCUT2D eigenvalue weighted by Gasteiger charge is 2.54. The maximum absolute atomic E-state index is 13.4. The first kappa shape index (κ1) is 15.1. The van der Waals surface area contributed by atoms with Gasteiger partial charge < -0.3 is 14.7 Å². The summed E-state index contributed by atoms with van der Waals surface area (Å²) in [5.41, 5.74) is 0.637. The van der Waals surface area contributed by atoms with Crippen LogP contribution in [0.15, 0.2) is 18.2 Å². The maximum Gasteiger partial charge on any atom is 0.410 e. The van der Waals surface area contributed by atoms with Gasteiger partial charge in [-0.15, -0.1) is 0 Å². The fraction of sp³-hybridized carbons (Fsp3) is 0.588. The number of carbonyl (C=O) groups excluding carboxylic acids is 1. The molecular formula is C17H22FNO3. The van der Waals surface area contributed by atoms with Gasteiger partial charge in [-0.05, 0) is 57.2 Å². The molecule has 0 aromatic heterocycles. The number of hydrogen-bond donors (Lipinski definition) is 1. The summed E-state index contributed by atoms with van der Waals surface area (Å²) in [4.78, 5) is 13.7. The van der Waals surface area contributed by atoms with Gasteiger partial charge in [-0.3, -0.25) is 0 Å². The molecule has 1 aliphatic heterocycles. The smallest absolute Gasteiger partial charge is 0.410 e. The Hall–Kier alpha value is -1.78. The van der Waals surface area contributed by atoms with Gasteiger partial charge in [0.25, 0.3) is 0 Å². The molecule has 1 saturated heterocycles. The second-order valence-corrected chi connectivity index (χ2v) is 7.65. The number of rotatable bonds is 1. The second-order valence-electron chi connectivity index (χ2n) is 7.65. The maximum atomic E-state index is 13.4. The van der Waals surface area contributed by atoms with Crippen molar-refractivity contribution < 1.29 is 19.0 Å². The molecule has 0 radical (unpaired) electrons. The molecule has 2 fully saturated rings. The van der Waals surface area contributed by atoms with Crippen LogP contribution in [-0.2, 0) is 4.74 Å². The quantitative estimate of drug-likeness (QED) is 0.861. The lowest BCUT2D eigenvalue weighted by atomic mass is 9.56. The van der Waals surface area contributed by atoms with Crippen LogP contribution in [0, 0.1) is 11.2 Å². The number of amides is 1. The number of phenols is 1. The molecule has 1 spiro atoms. The minimum atomic E-state index is -0.567. The minimum Gasteiger partial charge on any atom is -0.505 e. The van der Waals surface area contributed by atoms with Gasteiger partial charge in [0.05, 0.1) is 0 Å². The summed E-state index contributed by atoms with van der Waals surface area (Å²) in [6, 6.07) is 4.60. The molecule has 120 valence electrons. The van der Waals surface area contributed by atoms with Crippen LogP contribution in [0.25, 0.3) is 0 Å². The van der Waals surface area contributed by atoms with E-state index in [4.69, 9.17) is 4.74 Å². The first-order chi connectivity index (χ1) is 10.2. The summed E-state index contributed by atoms with van der Waals surface area (Å²) in [5, 5.41) is 9.23.